The average molecular weight is 359 g/mol. The van der Waals surface area contributed by atoms with Gasteiger partial charge in [-0.2, -0.15) is 13.2 Å². The van der Waals surface area contributed by atoms with Gasteiger partial charge in [0.05, 0.1) is 5.56 Å². The maximum atomic E-state index is 13.0. The Labute approximate surface area is 129 Å². The lowest BCUT2D eigenvalue weighted by Crippen LogP contribution is -2.08. The summed E-state index contributed by atoms with van der Waals surface area (Å²) in [6.45, 7) is 3.82. The Morgan fingerprint density at radius 1 is 0.952 bits per heavy atom. The molecule has 0 saturated carbocycles. The molecule has 112 valence electrons. The summed E-state index contributed by atoms with van der Waals surface area (Å²) in [6, 6.07) is 9.56. The van der Waals surface area contributed by atoms with Gasteiger partial charge in [-0.1, -0.05) is 28.1 Å². The lowest BCUT2D eigenvalue weighted by atomic mass is 10.1. The van der Waals surface area contributed by atoms with E-state index in [9.17, 15) is 13.2 Å². The molecule has 0 amide bonds. The molecule has 0 aliphatic rings. The summed E-state index contributed by atoms with van der Waals surface area (Å²) in [4.78, 5) is 0. The highest BCUT2D eigenvalue weighted by Crippen LogP contribution is 2.36. The van der Waals surface area contributed by atoms with E-state index in [2.05, 4.69) is 15.9 Å². The first-order valence-electron chi connectivity index (χ1n) is 6.32. The molecular formula is C16H14BrF3O. The third kappa shape index (κ3) is 4.00. The van der Waals surface area contributed by atoms with Crippen molar-refractivity contribution in [3.05, 3.63) is 58.7 Å². The van der Waals surface area contributed by atoms with Gasteiger partial charge in [0.25, 0.3) is 0 Å². The van der Waals surface area contributed by atoms with Gasteiger partial charge in [-0.25, -0.2) is 0 Å². The van der Waals surface area contributed by atoms with Crippen LogP contribution in [-0.2, 0) is 11.5 Å². The molecule has 0 atom stereocenters. The maximum absolute atomic E-state index is 13.0. The maximum Gasteiger partial charge on any atom is 0.416 e. The Kier molecular flexibility index (Phi) is 4.61. The normalized spacial score (nSPS) is 11.5. The lowest BCUT2D eigenvalue weighted by molar-refractivity contribution is -0.138. The van der Waals surface area contributed by atoms with Gasteiger partial charge >= 0.3 is 6.18 Å². The van der Waals surface area contributed by atoms with Crippen LogP contribution in [0.15, 0.2) is 36.4 Å². The van der Waals surface area contributed by atoms with Crippen LogP contribution in [0.3, 0.4) is 0 Å². The van der Waals surface area contributed by atoms with Crippen LogP contribution < -0.4 is 4.74 Å². The highest BCUT2D eigenvalue weighted by atomic mass is 79.9. The summed E-state index contributed by atoms with van der Waals surface area (Å²) in [6.07, 6.45) is -4.40. The minimum atomic E-state index is -4.40. The molecule has 2 aromatic rings. The van der Waals surface area contributed by atoms with E-state index in [1.165, 1.54) is 6.07 Å². The molecule has 2 rings (SSSR count). The van der Waals surface area contributed by atoms with E-state index < -0.39 is 11.7 Å². The number of ether oxygens (including phenoxy) is 1. The fraction of sp³-hybridized carbons (Fsp3) is 0.250. The lowest BCUT2D eigenvalue weighted by Gasteiger charge is -2.14. The van der Waals surface area contributed by atoms with Crippen molar-refractivity contribution in [2.24, 2.45) is 0 Å². The summed E-state index contributed by atoms with van der Waals surface area (Å²) in [7, 11) is 0. The Morgan fingerprint density at radius 3 is 2.10 bits per heavy atom. The Hall–Kier alpha value is -1.49. The van der Waals surface area contributed by atoms with E-state index in [0.717, 1.165) is 17.2 Å². The largest absolute Gasteiger partial charge is 0.457 e. The van der Waals surface area contributed by atoms with Gasteiger partial charge in [0.2, 0.25) is 0 Å². The fourth-order valence-corrected chi connectivity index (χ4v) is 2.62. The van der Waals surface area contributed by atoms with Gasteiger partial charge < -0.3 is 4.74 Å². The van der Waals surface area contributed by atoms with Crippen LogP contribution in [0.2, 0.25) is 0 Å². The zero-order valence-corrected chi connectivity index (χ0v) is 13.2. The molecule has 0 heterocycles. The molecule has 0 aliphatic heterocycles. The first-order valence-corrected chi connectivity index (χ1v) is 7.44. The Bertz CT molecular complexity index is 630. The molecule has 5 heteroatoms. The SMILES string of the molecule is Cc1cc(C)cc(Oc2ccc(CBr)c(C(F)(F)F)c2)c1. The van der Waals surface area contributed by atoms with E-state index >= 15 is 0 Å². The van der Waals surface area contributed by atoms with Crippen molar-refractivity contribution in [3.63, 3.8) is 0 Å². The molecule has 0 fully saturated rings. The standard InChI is InChI=1S/C16H14BrF3O/c1-10-5-11(2)7-14(6-10)21-13-4-3-12(9-17)15(8-13)16(18,19)20/h3-8H,9H2,1-2H3. The van der Waals surface area contributed by atoms with Crippen LogP contribution in [0.4, 0.5) is 13.2 Å². The van der Waals surface area contributed by atoms with Crippen LogP contribution in [0.1, 0.15) is 22.3 Å². The number of benzene rings is 2. The first kappa shape index (κ1) is 15.9. The van der Waals surface area contributed by atoms with Crippen LogP contribution in [0.5, 0.6) is 11.5 Å². The van der Waals surface area contributed by atoms with Gasteiger partial charge in [-0.15, -0.1) is 0 Å². The second kappa shape index (κ2) is 6.10. The number of alkyl halides is 4. The molecule has 0 radical (unpaired) electrons. The van der Waals surface area contributed by atoms with Crippen LogP contribution in [0.25, 0.3) is 0 Å². The zero-order chi connectivity index (χ0) is 15.6. The second-order valence-electron chi connectivity index (χ2n) is 4.88. The minimum Gasteiger partial charge on any atom is -0.457 e. The number of hydrogen-bond acceptors (Lipinski definition) is 1. The molecule has 0 bridgehead atoms. The summed E-state index contributed by atoms with van der Waals surface area (Å²) in [5.74, 6) is 0.712. The van der Waals surface area contributed by atoms with E-state index in [1.807, 2.05) is 19.9 Å². The van der Waals surface area contributed by atoms with Crippen molar-refractivity contribution in [3.8, 4) is 11.5 Å². The van der Waals surface area contributed by atoms with Gasteiger partial charge in [-0.3, -0.25) is 0 Å². The molecule has 21 heavy (non-hydrogen) atoms. The smallest absolute Gasteiger partial charge is 0.416 e. The van der Waals surface area contributed by atoms with Gasteiger partial charge in [0, 0.05) is 5.33 Å². The second-order valence-corrected chi connectivity index (χ2v) is 5.44. The van der Waals surface area contributed by atoms with Crippen molar-refractivity contribution in [2.75, 3.05) is 0 Å². The molecule has 0 spiro atoms. The molecule has 0 N–H and O–H groups in total. The third-order valence-electron chi connectivity index (χ3n) is 2.96. The zero-order valence-electron chi connectivity index (χ0n) is 11.6. The van der Waals surface area contributed by atoms with Crippen LogP contribution in [0, 0.1) is 13.8 Å². The fourth-order valence-electron chi connectivity index (χ4n) is 2.13. The van der Waals surface area contributed by atoms with E-state index in [1.54, 1.807) is 18.2 Å². The highest BCUT2D eigenvalue weighted by molar-refractivity contribution is 9.08. The van der Waals surface area contributed by atoms with Crippen molar-refractivity contribution < 1.29 is 17.9 Å². The van der Waals surface area contributed by atoms with Gasteiger partial charge in [0.15, 0.2) is 0 Å². The van der Waals surface area contributed by atoms with Crippen LogP contribution in [-0.4, -0.2) is 0 Å². The molecular weight excluding hydrogens is 345 g/mol. The summed E-state index contributed by atoms with van der Waals surface area (Å²) >= 11 is 3.07. The summed E-state index contributed by atoms with van der Waals surface area (Å²) in [5, 5.41) is 0.145. The van der Waals surface area contributed by atoms with E-state index in [-0.39, 0.29) is 16.6 Å². The summed E-state index contributed by atoms with van der Waals surface area (Å²) in [5.41, 5.74) is 1.51. The van der Waals surface area contributed by atoms with Crippen LogP contribution >= 0.6 is 15.9 Å². The van der Waals surface area contributed by atoms with Gasteiger partial charge in [-0.05, 0) is 54.8 Å². The van der Waals surface area contributed by atoms with E-state index in [4.69, 9.17) is 4.74 Å². The molecule has 1 nitrogen and oxygen atoms in total. The Balaban J connectivity index is 2.37. The third-order valence-corrected chi connectivity index (χ3v) is 3.57. The minimum absolute atomic E-state index is 0.145. The summed E-state index contributed by atoms with van der Waals surface area (Å²) < 4.78 is 44.6. The van der Waals surface area contributed by atoms with Crippen molar-refractivity contribution in [1.82, 2.24) is 0 Å². The predicted octanol–water partition coefficient (Wildman–Crippen LogP) is 6.01. The number of aryl methyl sites for hydroxylation is 2. The monoisotopic (exact) mass is 358 g/mol. The highest BCUT2D eigenvalue weighted by Gasteiger charge is 2.33. The molecule has 0 aromatic heterocycles. The predicted molar refractivity (Wildman–Crippen MR) is 80.1 cm³/mol. The van der Waals surface area contributed by atoms with Crippen molar-refractivity contribution >= 4 is 15.9 Å². The quantitative estimate of drug-likeness (QED) is 0.610. The number of hydrogen-bond donors (Lipinski definition) is 0. The Morgan fingerprint density at radius 2 is 1.57 bits per heavy atom. The number of halogens is 4. The topological polar surface area (TPSA) is 9.23 Å². The van der Waals surface area contributed by atoms with Crippen molar-refractivity contribution in [2.45, 2.75) is 25.4 Å². The van der Waals surface area contributed by atoms with Gasteiger partial charge in [0.1, 0.15) is 11.5 Å². The molecule has 0 aliphatic carbocycles. The average Bonchev–Trinajstić information content (AvgIpc) is 2.36. The molecule has 0 saturated heterocycles. The molecule has 0 unspecified atom stereocenters. The first-order chi connectivity index (χ1) is 9.79. The van der Waals surface area contributed by atoms with E-state index in [0.29, 0.717) is 5.75 Å². The van der Waals surface area contributed by atoms with Crippen molar-refractivity contribution in [1.29, 1.82) is 0 Å². The molecule has 2 aromatic carbocycles. The number of rotatable bonds is 3.